The van der Waals surface area contributed by atoms with E-state index in [4.69, 9.17) is 9.47 Å². The van der Waals surface area contributed by atoms with Gasteiger partial charge in [0.05, 0.1) is 4.92 Å². The zero-order valence-corrected chi connectivity index (χ0v) is 15.8. The molecule has 8 nitrogen and oxygen atoms in total. The zero-order chi connectivity index (χ0) is 21.3. The number of hydrogen-bond acceptors (Lipinski definition) is 6. The summed E-state index contributed by atoms with van der Waals surface area (Å²) in [5.74, 6) is -0.583. The van der Waals surface area contributed by atoms with Gasteiger partial charge in [0.2, 0.25) is 0 Å². The van der Waals surface area contributed by atoms with Crippen LogP contribution >= 0.6 is 0 Å². The molecule has 0 saturated heterocycles. The number of hydrogen-bond donors (Lipinski definition) is 0. The molecule has 3 aromatic rings. The lowest BCUT2D eigenvalue weighted by Gasteiger charge is -2.21. The van der Waals surface area contributed by atoms with Crippen molar-refractivity contribution in [2.24, 2.45) is 0 Å². The molecule has 0 heterocycles. The van der Waals surface area contributed by atoms with Gasteiger partial charge in [0, 0.05) is 17.8 Å². The van der Waals surface area contributed by atoms with Gasteiger partial charge in [0.25, 0.3) is 5.69 Å². The fourth-order valence-electron chi connectivity index (χ4n) is 2.60. The molecule has 0 spiro atoms. The number of ether oxygens (including phenoxy) is 2. The molecule has 0 unspecified atom stereocenters. The van der Waals surface area contributed by atoms with Crippen molar-refractivity contribution in [2.75, 3.05) is 11.4 Å². The van der Waals surface area contributed by atoms with Crippen LogP contribution < -0.4 is 9.64 Å². The molecule has 0 radical (unpaired) electrons. The number of esters is 1. The lowest BCUT2D eigenvalue weighted by atomic mass is 10.2. The Balaban J connectivity index is 1.68. The van der Waals surface area contributed by atoms with E-state index in [1.807, 2.05) is 30.3 Å². The Morgan fingerprint density at radius 2 is 1.47 bits per heavy atom. The van der Waals surface area contributed by atoms with Crippen molar-refractivity contribution in [2.45, 2.75) is 6.61 Å². The highest BCUT2D eigenvalue weighted by molar-refractivity contribution is 5.93. The Morgan fingerprint density at radius 3 is 2.07 bits per heavy atom. The second-order valence-corrected chi connectivity index (χ2v) is 6.19. The lowest BCUT2D eigenvalue weighted by Crippen LogP contribution is -2.37. The second kappa shape index (κ2) is 9.83. The fourth-order valence-corrected chi connectivity index (χ4v) is 2.60. The molecule has 0 aromatic heterocycles. The smallest absolute Gasteiger partial charge is 0.415 e. The van der Waals surface area contributed by atoms with E-state index in [-0.39, 0.29) is 18.0 Å². The van der Waals surface area contributed by atoms with Crippen LogP contribution in [0.3, 0.4) is 0 Å². The molecule has 30 heavy (non-hydrogen) atoms. The van der Waals surface area contributed by atoms with E-state index in [1.165, 1.54) is 24.3 Å². The number of benzene rings is 3. The number of amides is 1. The number of anilines is 1. The van der Waals surface area contributed by atoms with E-state index in [0.717, 1.165) is 10.5 Å². The van der Waals surface area contributed by atoms with Gasteiger partial charge in [-0.3, -0.25) is 15.0 Å². The van der Waals surface area contributed by atoms with Crippen LogP contribution in [0.15, 0.2) is 84.9 Å². The Kier molecular flexibility index (Phi) is 6.73. The minimum Gasteiger partial charge on any atom is -0.444 e. The minimum atomic E-state index is -0.718. The monoisotopic (exact) mass is 406 g/mol. The second-order valence-electron chi connectivity index (χ2n) is 6.19. The van der Waals surface area contributed by atoms with Gasteiger partial charge in [-0.25, -0.2) is 9.59 Å². The van der Waals surface area contributed by atoms with E-state index in [0.29, 0.717) is 5.69 Å². The van der Waals surface area contributed by atoms with E-state index in [2.05, 4.69) is 0 Å². The highest BCUT2D eigenvalue weighted by Gasteiger charge is 2.22. The van der Waals surface area contributed by atoms with Gasteiger partial charge in [-0.15, -0.1) is 0 Å². The first-order chi connectivity index (χ1) is 14.5. The molecule has 3 aromatic carbocycles. The number of nitro groups is 1. The summed E-state index contributed by atoms with van der Waals surface area (Å²) in [6.45, 7) is -0.338. The van der Waals surface area contributed by atoms with Gasteiger partial charge in [0.1, 0.15) is 18.9 Å². The number of nitro benzene ring substituents is 1. The largest absolute Gasteiger partial charge is 0.444 e. The van der Waals surface area contributed by atoms with Crippen LogP contribution in [0.1, 0.15) is 5.56 Å². The summed E-state index contributed by atoms with van der Waals surface area (Å²) >= 11 is 0. The molecule has 0 aliphatic carbocycles. The zero-order valence-electron chi connectivity index (χ0n) is 15.8. The van der Waals surface area contributed by atoms with Crippen LogP contribution in [0.5, 0.6) is 5.75 Å². The van der Waals surface area contributed by atoms with Gasteiger partial charge >= 0.3 is 12.1 Å². The molecule has 0 fully saturated rings. The summed E-state index contributed by atoms with van der Waals surface area (Å²) in [6, 6.07) is 22.8. The molecular formula is C22H18N2O6. The Labute approximate surface area is 172 Å². The number of para-hydroxylation sites is 1. The van der Waals surface area contributed by atoms with Crippen molar-refractivity contribution < 1.29 is 24.0 Å². The molecular weight excluding hydrogens is 388 g/mol. The first-order valence-electron chi connectivity index (χ1n) is 9.01. The third kappa shape index (κ3) is 5.65. The molecule has 0 N–H and O–H groups in total. The summed E-state index contributed by atoms with van der Waals surface area (Å²) < 4.78 is 10.5. The minimum absolute atomic E-state index is 0.0560. The Bertz CT molecular complexity index is 1010. The van der Waals surface area contributed by atoms with E-state index in [1.54, 1.807) is 30.3 Å². The third-order valence-corrected chi connectivity index (χ3v) is 4.06. The average molecular weight is 406 g/mol. The summed E-state index contributed by atoms with van der Waals surface area (Å²) in [6.07, 6.45) is -0.703. The fraction of sp³-hybridized carbons (Fsp3) is 0.0909. The molecule has 3 rings (SSSR count). The highest BCUT2D eigenvalue weighted by atomic mass is 16.6. The quantitative estimate of drug-likeness (QED) is 0.250. The first kappa shape index (κ1) is 20.5. The molecule has 1 amide bonds. The summed E-state index contributed by atoms with van der Waals surface area (Å²) in [5, 5.41) is 10.7. The maximum absolute atomic E-state index is 12.6. The van der Waals surface area contributed by atoms with E-state index >= 15 is 0 Å². The molecule has 0 saturated carbocycles. The van der Waals surface area contributed by atoms with Gasteiger partial charge in [0.15, 0.2) is 0 Å². The van der Waals surface area contributed by atoms with Gasteiger partial charge in [-0.05, 0) is 29.8 Å². The molecule has 0 bridgehead atoms. The van der Waals surface area contributed by atoms with Crippen molar-refractivity contribution in [3.63, 3.8) is 0 Å². The normalized spacial score (nSPS) is 10.1. The van der Waals surface area contributed by atoms with Crippen LogP contribution in [-0.4, -0.2) is 23.5 Å². The summed E-state index contributed by atoms with van der Waals surface area (Å²) in [4.78, 5) is 36.4. The maximum atomic E-state index is 12.6. The number of rotatable bonds is 7. The van der Waals surface area contributed by atoms with Crippen molar-refractivity contribution in [1.82, 2.24) is 0 Å². The predicted molar refractivity (Wildman–Crippen MR) is 109 cm³/mol. The van der Waals surface area contributed by atoms with Crippen LogP contribution in [-0.2, 0) is 16.1 Å². The SMILES string of the molecule is O=C(CN(C(=O)OCc1ccccc1)c1ccccc1)Oc1ccc([N+](=O)[O-])cc1. The molecule has 152 valence electrons. The Morgan fingerprint density at radius 1 is 0.867 bits per heavy atom. The molecule has 0 aliphatic heterocycles. The number of carbonyl (C=O) groups excluding carboxylic acids is 2. The van der Waals surface area contributed by atoms with Crippen LogP contribution in [0.25, 0.3) is 0 Å². The van der Waals surface area contributed by atoms with E-state index in [9.17, 15) is 19.7 Å². The van der Waals surface area contributed by atoms with Crippen molar-refractivity contribution in [1.29, 1.82) is 0 Å². The third-order valence-electron chi connectivity index (χ3n) is 4.06. The highest BCUT2D eigenvalue weighted by Crippen LogP contribution is 2.19. The van der Waals surface area contributed by atoms with Crippen molar-refractivity contribution in [3.8, 4) is 5.75 Å². The predicted octanol–water partition coefficient (Wildman–Crippen LogP) is 4.34. The summed E-state index contributed by atoms with van der Waals surface area (Å²) in [5.41, 5.74) is 1.16. The van der Waals surface area contributed by atoms with Crippen LogP contribution in [0, 0.1) is 10.1 Å². The van der Waals surface area contributed by atoms with Crippen LogP contribution in [0.2, 0.25) is 0 Å². The standard InChI is InChI=1S/C22H18N2O6/c25-21(30-20-13-11-19(12-14-20)24(27)28)15-23(18-9-5-2-6-10-18)22(26)29-16-17-7-3-1-4-8-17/h1-14H,15-16H2. The lowest BCUT2D eigenvalue weighted by molar-refractivity contribution is -0.384. The number of nitrogens with zero attached hydrogens (tertiary/aromatic N) is 2. The van der Waals surface area contributed by atoms with Gasteiger partial charge in [-0.1, -0.05) is 48.5 Å². The maximum Gasteiger partial charge on any atom is 0.415 e. The van der Waals surface area contributed by atoms with E-state index < -0.39 is 23.5 Å². The van der Waals surface area contributed by atoms with Crippen molar-refractivity contribution in [3.05, 3.63) is 101 Å². The first-order valence-corrected chi connectivity index (χ1v) is 9.01. The topological polar surface area (TPSA) is 99.0 Å². The number of non-ortho nitro benzene ring substituents is 1. The summed E-state index contributed by atoms with van der Waals surface area (Å²) in [7, 11) is 0. The Hall–Kier alpha value is -4.20. The van der Waals surface area contributed by atoms with Gasteiger partial charge < -0.3 is 9.47 Å². The molecule has 0 atom stereocenters. The molecule has 0 aliphatic rings. The van der Waals surface area contributed by atoms with Gasteiger partial charge in [-0.2, -0.15) is 0 Å². The van der Waals surface area contributed by atoms with Crippen molar-refractivity contribution >= 4 is 23.4 Å². The average Bonchev–Trinajstić information content (AvgIpc) is 2.77. The number of carbonyl (C=O) groups is 2. The molecule has 8 heteroatoms. The van der Waals surface area contributed by atoms with Crippen LogP contribution in [0.4, 0.5) is 16.2 Å².